The van der Waals surface area contributed by atoms with Crippen LogP contribution in [0.5, 0.6) is 11.8 Å². The van der Waals surface area contributed by atoms with Crippen molar-refractivity contribution in [2.24, 2.45) is 0 Å². The van der Waals surface area contributed by atoms with Gasteiger partial charge in [0.1, 0.15) is 0 Å². The topological polar surface area (TPSA) is 70.3 Å². The third-order valence-corrected chi connectivity index (χ3v) is 1.95. The average Bonchev–Trinajstić information content (AvgIpc) is 2.25. The number of hydrogen-bond donors (Lipinski definition) is 1. The lowest BCUT2D eigenvalue weighted by Gasteiger charge is -2.11. The first-order chi connectivity index (χ1) is 7.58. The molecule has 0 amide bonds. The van der Waals surface area contributed by atoms with Crippen LogP contribution in [0.2, 0.25) is 0 Å². The minimum absolute atomic E-state index is 0.0190. The number of methoxy groups -OCH3 is 2. The highest BCUT2D eigenvalue weighted by atomic mass is 19.3. The molecule has 1 aromatic rings. The number of nitrogens with zero attached hydrogens (tertiary/aromatic N) is 2. The summed E-state index contributed by atoms with van der Waals surface area (Å²) in [7, 11) is 2.76. The van der Waals surface area contributed by atoms with Gasteiger partial charge < -0.3 is 15.2 Å². The molecule has 0 saturated heterocycles. The van der Waals surface area contributed by atoms with Gasteiger partial charge in [-0.1, -0.05) is 0 Å². The highest BCUT2D eigenvalue weighted by molar-refractivity contribution is 5.40. The minimum Gasteiger partial charge on any atom is -0.481 e. The Kier molecular flexibility index (Phi) is 4.21. The number of nitrogen functional groups attached to an aromatic ring is 1. The number of rotatable bonds is 5. The minimum atomic E-state index is -2.40. The molecule has 0 radical (unpaired) electrons. The quantitative estimate of drug-likeness (QED) is 0.829. The molecule has 1 rings (SSSR count). The maximum Gasteiger partial charge on any atom is 0.239 e. The van der Waals surface area contributed by atoms with Crippen LogP contribution >= 0.6 is 0 Å². The summed E-state index contributed by atoms with van der Waals surface area (Å²) in [6, 6.07) is 0. The molecule has 0 saturated carbocycles. The van der Waals surface area contributed by atoms with Crippen LogP contribution in [0.25, 0.3) is 0 Å². The van der Waals surface area contributed by atoms with Crippen LogP contribution in [-0.2, 0) is 6.42 Å². The van der Waals surface area contributed by atoms with Crippen LogP contribution < -0.4 is 15.2 Å². The van der Waals surface area contributed by atoms with E-state index < -0.39 is 6.43 Å². The Balaban J connectivity index is 3.02. The summed E-state index contributed by atoms with van der Waals surface area (Å²) in [5, 5.41) is 0. The second-order valence-corrected chi connectivity index (χ2v) is 3.01. The Morgan fingerprint density at radius 3 is 2.06 bits per heavy atom. The lowest BCUT2D eigenvalue weighted by molar-refractivity contribution is 0.137. The Bertz CT molecular complexity index is 336. The van der Waals surface area contributed by atoms with E-state index in [-0.39, 0.29) is 30.5 Å². The summed E-state index contributed by atoms with van der Waals surface area (Å²) in [5.74, 6) is 0.324. The molecule has 0 aliphatic carbocycles. The SMILES string of the molecule is COc1nc(N)nc(OC)c1CCC(F)F. The molecule has 2 N–H and O–H groups in total. The number of alkyl halides is 2. The van der Waals surface area contributed by atoms with Crippen LogP contribution in [0.3, 0.4) is 0 Å². The number of anilines is 1. The fraction of sp³-hybridized carbons (Fsp3) is 0.556. The van der Waals surface area contributed by atoms with Crippen molar-refractivity contribution in [1.29, 1.82) is 0 Å². The second kappa shape index (κ2) is 5.43. The highest BCUT2D eigenvalue weighted by Crippen LogP contribution is 2.27. The van der Waals surface area contributed by atoms with Gasteiger partial charge in [-0.15, -0.1) is 0 Å². The highest BCUT2D eigenvalue weighted by Gasteiger charge is 2.16. The van der Waals surface area contributed by atoms with Gasteiger partial charge in [-0.3, -0.25) is 0 Å². The van der Waals surface area contributed by atoms with Crippen molar-refractivity contribution in [1.82, 2.24) is 9.97 Å². The summed E-state index contributed by atoms with van der Waals surface area (Å²) in [6.45, 7) is 0. The summed E-state index contributed by atoms with van der Waals surface area (Å²) in [6.07, 6.45) is -2.63. The molecular weight excluding hydrogens is 220 g/mol. The van der Waals surface area contributed by atoms with E-state index in [1.807, 2.05) is 0 Å². The number of ether oxygens (including phenoxy) is 2. The summed E-state index contributed by atoms with van der Waals surface area (Å²) in [4.78, 5) is 7.60. The molecule has 90 valence electrons. The van der Waals surface area contributed by atoms with Crippen LogP contribution in [0.15, 0.2) is 0 Å². The predicted octanol–water partition coefficient (Wildman–Crippen LogP) is 1.27. The Morgan fingerprint density at radius 2 is 1.69 bits per heavy atom. The zero-order valence-electron chi connectivity index (χ0n) is 9.04. The zero-order valence-corrected chi connectivity index (χ0v) is 9.04. The van der Waals surface area contributed by atoms with E-state index in [1.54, 1.807) is 0 Å². The maximum atomic E-state index is 12.1. The van der Waals surface area contributed by atoms with E-state index in [4.69, 9.17) is 15.2 Å². The molecule has 0 aliphatic rings. The molecule has 0 aromatic carbocycles. The fourth-order valence-electron chi connectivity index (χ4n) is 1.26. The number of hydrogen-bond acceptors (Lipinski definition) is 5. The molecule has 0 aliphatic heterocycles. The molecule has 0 atom stereocenters. The van der Waals surface area contributed by atoms with E-state index in [0.29, 0.717) is 5.56 Å². The number of halogens is 2. The third kappa shape index (κ3) is 2.91. The largest absolute Gasteiger partial charge is 0.481 e. The van der Waals surface area contributed by atoms with Crippen molar-refractivity contribution in [3.05, 3.63) is 5.56 Å². The normalized spacial score (nSPS) is 10.6. The second-order valence-electron chi connectivity index (χ2n) is 3.01. The molecule has 16 heavy (non-hydrogen) atoms. The lowest BCUT2D eigenvalue weighted by Crippen LogP contribution is -2.07. The molecule has 0 spiro atoms. The number of aromatic nitrogens is 2. The zero-order chi connectivity index (χ0) is 12.1. The van der Waals surface area contributed by atoms with Gasteiger partial charge in [0.25, 0.3) is 0 Å². The molecule has 7 heteroatoms. The van der Waals surface area contributed by atoms with Crippen LogP contribution in [0, 0.1) is 0 Å². The monoisotopic (exact) mass is 233 g/mol. The van der Waals surface area contributed by atoms with Crippen molar-refractivity contribution < 1.29 is 18.3 Å². The molecule has 0 fully saturated rings. The molecular formula is C9H13F2N3O2. The molecule has 5 nitrogen and oxygen atoms in total. The Hall–Kier alpha value is -1.66. The van der Waals surface area contributed by atoms with Gasteiger partial charge in [-0.2, -0.15) is 9.97 Å². The first-order valence-corrected chi connectivity index (χ1v) is 4.61. The summed E-state index contributed by atoms with van der Waals surface area (Å²) < 4.78 is 34.1. The summed E-state index contributed by atoms with van der Waals surface area (Å²) >= 11 is 0. The van der Waals surface area contributed by atoms with Gasteiger partial charge in [0.05, 0.1) is 19.8 Å². The van der Waals surface area contributed by atoms with Gasteiger partial charge >= 0.3 is 0 Å². The van der Waals surface area contributed by atoms with E-state index >= 15 is 0 Å². The Morgan fingerprint density at radius 1 is 1.19 bits per heavy atom. The Labute approximate surface area is 91.6 Å². The van der Waals surface area contributed by atoms with Crippen molar-refractivity contribution >= 4 is 5.95 Å². The maximum absolute atomic E-state index is 12.1. The molecule has 0 unspecified atom stereocenters. The number of nitrogens with two attached hydrogens (primary N) is 1. The average molecular weight is 233 g/mol. The van der Waals surface area contributed by atoms with Gasteiger partial charge in [0.2, 0.25) is 24.1 Å². The first-order valence-electron chi connectivity index (χ1n) is 4.61. The molecule has 1 aromatic heterocycles. The van der Waals surface area contributed by atoms with E-state index in [9.17, 15) is 8.78 Å². The van der Waals surface area contributed by atoms with E-state index in [1.165, 1.54) is 14.2 Å². The van der Waals surface area contributed by atoms with Gasteiger partial charge in [0, 0.05) is 6.42 Å². The lowest BCUT2D eigenvalue weighted by atomic mass is 10.2. The molecule has 1 heterocycles. The fourth-order valence-corrected chi connectivity index (χ4v) is 1.26. The van der Waals surface area contributed by atoms with Crippen LogP contribution in [0.4, 0.5) is 14.7 Å². The van der Waals surface area contributed by atoms with Crippen LogP contribution in [-0.4, -0.2) is 30.6 Å². The van der Waals surface area contributed by atoms with Crippen molar-refractivity contribution in [3.8, 4) is 11.8 Å². The molecule has 0 bridgehead atoms. The van der Waals surface area contributed by atoms with Gasteiger partial charge in [-0.25, -0.2) is 8.78 Å². The smallest absolute Gasteiger partial charge is 0.239 e. The van der Waals surface area contributed by atoms with E-state index in [2.05, 4.69) is 9.97 Å². The predicted molar refractivity (Wildman–Crippen MR) is 53.9 cm³/mol. The summed E-state index contributed by atoms with van der Waals surface area (Å²) in [5.41, 5.74) is 5.81. The first kappa shape index (κ1) is 12.4. The standard InChI is InChI=1S/C9H13F2N3O2/c1-15-7-5(3-4-6(10)11)8(16-2)14-9(12)13-7/h6H,3-4H2,1-2H3,(H2,12,13,14). The third-order valence-electron chi connectivity index (χ3n) is 1.95. The van der Waals surface area contributed by atoms with Crippen LogP contribution in [0.1, 0.15) is 12.0 Å². The van der Waals surface area contributed by atoms with Crippen molar-refractivity contribution in [2.45, 2.75) is 19.3 Å². The van der Waals surface area contributed by atoms with Crippen molar-refractivity contribution in [3.63, 3.8) is 0 Å². The van der Waals surface area contributed by atoms with Gasteiger partial charge in [0.15, 0.2) is 0 Å². The van der Waals surface area contributed by atoms with Gasteiger partial charge in [-0.05, 0) is 6.42 Å². The van der Waals surface area contributed by atoms with E-state index in [0.717, 1.165) is 0 Å². The van der Waals surface area contributed by atoms with Crippen molar-refractivity contribution in [2.75, 3.05) is 20.0 Å².